The van der Waals surface area contributed by atoms with E-state index in [1.54, 1.807) is 12.4 Å². The maximum absolute atomic E-state index is 12.3. The minimum Gasteiger partial charge on any atom is -0.355 e. The molecular formula is C22H25N8O2+. The Morgan fingerprint density at radius 2 is 2.12 bits per heavy atom. The molecule has 0 radical (unpaired) electrons. The van der Waals surface area contributed by atoms with Crippen molar-refractivity contribution in [2.45, 2.75) is 32.1 Å². The SMILES string of the molecule is CC1(C)C(=O)Nc2cc(NC3=N[N+]4(N5CCC6(CNC(=O)C6)C5)C=CN=CC4=N3)ccc21. The van der Waals surface area contributed by atoms with Gasteiger partial charge >= 0.3 is 5.84 Å². The number of rotatable bonds is 2. The van der Waals surface area contributed by atoms with Crippen molar-refractivity contribution >= 4 is 41.2 Å². The number of quaternary nitrogens is 1. The number of fused-ring (bicyclic) bond motifs is 2. The van der Waals surface area contributed by atoms with Crippen LogP contribution in [-0.4, -0.2) is 59.2 Å². The monoisotopic (exact) mass is 433 g/mol. The number of benzene rings is 1. The summed E-state index contributed by atoms with van der Waals surface area (Å²) in [5, 5.41) is 16.4. The molecule has 2 saturated heterocycles. The maximum Gasteiger partial charge on any atom is 0.301 e. The van der Waals surface area contributed by atoms with Crippen LogP contribution in [0.15, 0.2) is 45.7 Å². The van der Waals surface area contributed by atoms with E-state index in [9.17, 15) is 9.59 Å². The summed E-state index contributed by atoms with van der Waals surface area (Å²) in [7, 11) is 0. The zero-order valence-corrected chi connectivity index (χ0v) is 18.1. The van der Waals surface area contributed by atoms with E-state index in [-0.39, 0.29) is 21.9 Å². The number of carbonyl (C=O) groups excluding carboxylic acids is 2. The fraction of sp³-hybridized carbons (Fsp3) is 0.409. The van der Waals surface area contributed by atoms with Crippen molar-refractivity contribution in [2.24, 2.45) is 20.5 Å². The molecule has 2 fully saturated rings. The number of hydrogen-bond donors (Lipinski definition) is 3. The van der Waals surface area contributed by atoms with Crippen LogP contribution in [0.3, 0.4) is 0 Å². The van der Waals surface area contributed by atoms with Gasteiger partial charge in [-0.25, -0.2) is 0 Å². The number of anilines is 2. The number of hydrogen-bond acceptors (Lipinski definition) is 7. The molecule has 1 spiro atoms. The molecule has 32 heavy (non-hydrogen) atoms. The summed E-state index contributed by atoms with van der Waals surface area (Å²) >= 11 is 0. The molecule has 1 aromatic rings. The van der Waals surface area contributed by atoms with Crippen LogP contribution in [0.1, 0.15) is 32.3 Å². The van der Waals surface area contributed by atoms with Gasteiger partial charge in [-0.2, -0.15) is 0 Å². The van der Waals surface area contributed by atoms with E-state index >= 15 is 0 Å². The summed E-state index contributed by atoms with van der Waals surface area (Å²) in [4.78, 5) is 33.1. The lowest BCUT2D eigenvalue weighted by Gasteiger charge is -2.33. The number of guanidine groups is 1. The molecule has 2 unspecified atom stereocenters. The first-order valence-corrected chi connectivity index (χ1v) is 10.8. The van der Waals surface area contributed by atoms with E-state index in [0.717, 1.165) is 36.4 Å². The lowest BCUT2D eigenvalue weighted by molar-refractivity contribution is -0.915. The molecule has 2 atom stereocenters. The van der Waals surface area contributed by atoms with Gasteiger partial charge in [0.25, 0.3) is 5.96 Å². The summed E-state index contributed by atoms with van der Waals surface area (Å²) in [6, 6.07) is 5.82. The molecule has 10 nitrogen and oxygen atoms in total. The van der Waals surface area contributed by atoms with Gasteiger partial charge in [-0.3, -0.25) is 14.6 Å². The summed E-state index contributed by atoms with van der Waals surface area (Å²) in [6.07, 6.45) is 6.87. The summed E-state index contributed by atoms with van der Waals surface area (Å²) in [5.74, 6) is 1.30. The molecule has 5 aliphatic rings. The van der Waals surface area contributed by atoms with Gasteiger partial charge in [0.1, 0.15) is 6.21 Å². The normalized spacial score (nSPS) is 31.9. The predicted octanol–water partition coefficient (Wildman–Crippen LogP) is 1.51. The molecule has 10 heteroatoms. The van der Waals surface area contributed by atoms with Gasteiger partial charge in [0, 0.05) is 29.8 Å². The fourth-order valence-electron chi connectivity index (χ4n) is 5.23. The maximum atomic E-state index is 12.3. The van der Waals surface area contributed by atoms with Crippen LogP contribution in [0.25, 0.3) is 0 Å². The lowest BCUT2D eigenvalue weighted by atomic mass is 9.86. The summed E-state index contributed by atoms with van der Waals surface area (Å²) in [6.45, 7) is 6.10. The molecule has 0 saturated carbocycles. The number of nitrogens with one attached hydrogen (secondary N) is 3. The van der Waals surface area contributed by atoms with Crippen molar-refractivity contribution in [3.05, 3.63) is 36.2 Å². The zero-order chi connectivity index (χ0) is 22.1. The van der Waals surface area contributed by atoms with Gasteiger partial charge in [0.05, 0.1) is 24.7 Å². The molecule has 2 amide bonds. The van der Waals surface area contributed by atoms with E-state index in [1.165, 1.54) is 0 Å². The van der Waals surface area contributed by atoms with E-state index in [4.69, 9.17) is 10.1 Å². The second kappa shape index (κ2) is 6.33. The van der Waals surface area contributed by atoms with E-state index in [0.29, 0.717) is 24.8 Å². The van der Waals surface area contributed by atoms with Crippen molar-refractivity contribution in [3.63, 3.8) is 0 Å². The number of aliphatic imine (C=N–C) groups is 2. The Morgan fingerprint density at radius 1 is 1.25 bits per heavy atom. The van der Waals surface area contributed by atoms with Crippen LogP contribution in [-0.2, 0) is 15.0 Å². The molecule has 5 aliphatic heterocycles. The Hall–Kier alpha value is -3.37. The first kappa shape index (κ1) is 19.3. The molecule has 0 bridgehead atoms. The number of amides is 2. The van der Waals surface area contributed by atoms with Crippen molar-refractivity contribution in [3.8, 4) is 0 Å². The minimum absolute atomic E-state index is 0.00562. The first-order valence-electron chi connectivity index (χ1n) is 10.8. The Balaban J connectivity index is 1.28. The smallest absolute Gasteiger partial charge is 0.301 e. The Labute approximate surface area is 185 Å². The molecule has 3 N–H and O–H groups in total. The lowest BCUT2D eigenvalue weighted by Crippen LogP contribution is -2.56. The van der Waals surface area contributed by atoms with Crippen molar-refractivity contribution in [1.82, 2.24) is 10.3 Å². The Kier molecular flexibility index (Phi) is 3.82. The third kappa shape index (κ3) is 2.69. The third-order valence-electron chi connectivity index (χ3n) is 7.17. The Morgan fingerprint density at radius 3 is 2.94 bits per heavy atom. The van der Waals surface area contributed by atoms with Crippen molar-refractivity contribution in [2.75, 3.05) is 30.3 Å². The van der Waals surface area contributed by atoms with E-state index in [2.05, 4.69) is 26.0 Å². The third-order valence-corrected chi connectivity index (χ3v) is 7.17. The van der Waals surface area contributed by atoms with Crippen LogP contribution < -0.4 is 16.0 Å². The second-order valence-electron chi connectivity index (χ2n) is 9.68. The van der Waals surface area contributed by atoms with Crippen LogP contribution >= 0.6 is 0 Å². The number of amidine groups is 1. The number of carbonyl (C=O) groups is 2. The van der Waals surface area contributed by atoms with Crippen LogP contribution in [0.4, 0.5) is 11.4 Å². The standard InChI is InChI=1S/C22H24N8O2/c1-21(2)15-4-3-14(9-16(15)26-19(21)32)25-20-27-17-11-23-6-8-30(17,28-20)29-7-5-22(13-29)10-18(31)24-12-22/h3-4,6,8-9,11H,5,7,10,12-13H2,1-2H3,(H2-,24,25,26,28,31,32)/p+1. The predicted molar refractivity (Wildman–Crippen MR) is 121 cm³/mol. The fourth-order valence-corrected chi connectivity index (χ4v) is 5.23. The van der Waals surface area contributed by atoms with Crippen LogP contribution in [0.2, 0.25) is 0 Å². The Bertz CT molecular complexity index is 1180. The molecule has 1 aromatic carbocycles. The minimum atomic E-state index is -0.543. The van der Waals surface area contributed by atoms with Gasteiger partial charge < -0.3 is 16.0 Å². The zero-order valence-electron chi connectivity index (χ0n) is 18.1. The highest BCUT2D eigenvalue weighted by molar-refractivity contribution is 6.30. The average Bonchev–Trinajstić information content (AvgIpc) is 3.48. The van der Waals surface area contributed by atoms with Gasteiger partial charge in [0.15, 0.2) is 6.20 Å². The molecular weight excluding hydrogens is 408 g/mol. The molecule has 164 valence electrons. The van der Waals surface area contributed by atoms with Gasteiger partial charge in [0.2, 0.25) is 11.8 Å². The van der Waals surface area contributed by atoms with Gasteiger partial charge in [-0.15, -0.1) is 10.0 Å². The van der Waals surface area contributed by atoms with Crippen LogP contribution in [0.5, 0.6) is 0 Å². The largest absolute Gasteiger partial charge is 0.355 e. The molecule has 0 aromatic heterocycles. The molecule has 0 aliphatic carbocycles. The first-order chi connectivity index (χ1) is 15.3. The quantitative estimate of drug-likeness (QED) is 0.614. The van der Waals surface area contributed by atoms with Crippen LogP contribution in [0, 0.1) is 5.41 Å². The second-order valence-corrected chi connectivity index (χ2v) is 9.68. The molecule has 5 heterocycles. The summed E-state index contributed by atoms with van der Waals surface area (Å²) < 4.78 is 0.122. The number of nitrogens with zero attached hydrogens (tertiary/aromatic N) is 5. The van der Waals surface area contributed by atoms with Gasteiger partial charge in [-0.05, 0) is 47.8 Å². The highest BCUT2D eigenvalue weighted by Gasteiger charge is 2.55. The summed E-state index contributed by atoms with van der Waals surface area (Å²) in [5.41, 5.74) is 1.99. The highest BCUT2D eigenvalue weighted by atomic mass is 16.2. The van der Waals surface area contributed by atoms with Crippen molar-refractivity contribution < 1.29 is 14.3 Å². The topological polar surface area (TPSA) is 111 Å². The van der Waals surface area contributed by atoms with Gasteiger partial charge in [-0.1, -0.05) is 6.07 Å². The average molecular weight is 433 g/mol. The van der Waals surface area contributed by atoms with E-state index in [1.807, 2.05) is 38.2 Å². The van der Waals surface area contributed by atoms with E-state index < -0.39 is 5.41 Å². The highest BCUT2D eigenvalue weighted by Crippen LogP contribution is 2.41. The van der Waals surface area contributed by atoms with Crippen molar-refractivity contribution in [1.29, 1.82) is 0 Å². The molecule has 6 rings (SSSR count).